The molecule has 0 aliphatic rings. The van der Waals surface area contributed by atoms with E-state index >= 15 is 0 Å². The van der Waals surface area contributed by atoms with E-state index in [1.54, 1.807) is 0 Å². The Morgan fingerprint density at radius 2 is 1.84 bits per heavy atom. The van der Waals surface area contributed by atoms with Crippen LogP contribution in [0.25, 0.3) is 0 Å². The van der Waals surface area contributed by atoms with Gasteiger partial charge in [0, 0.05) is 4.90 Å². The number of rotatable bonds is 7. The first-order valence-electron chi connectivity index (χ1n) is 6.75. The van der Waals surface area contributed by atoms with Crippen molar-refractivity contribution in [3.8, 4) is 0 Å². The molecule has 104 valence electrons. The number of ketones is 1. The van der Waals surface area contributed by atoms with Crippen molar-refractivity contribution in [3.63, 3.8) is 0 Å². The van der Waals surface area contributed by atoms with E-state index in [0.717, 1.165) is 31.2 Å². The molecule has 0 N–H and O–H groups in total. The minimum atomic E-state index is -1.35. The van der Waals surface area contributed by atoms with Gasteiger partial charge in [-0.25, -0.2) is 4.21 Å². The minimum Gasteiger partial charge on any atom is -0.294 e. The average molecular weight is 278 g/mol. The van der Waals surface area contributed by atoms with Crippen molar-refractivity contribution in [1.82, 2.24) is 0 Å². The zero-order valence-corrected chi connectivity index (χ0v) is 12.8. The van der Waals surface area contributed by atoms with E-state index in [9.17, 15) is 9.00 Å². The molecule has 0 spiro atoms. The largest absolute Gasteiger partial charge is 0.294 e. The van der Waals surface area contributed by atoms with Gasteiger partial charge in [0.25, 0.3) is 0 Å². The second kappa shape index (κ2) is 8.05. The van der Waals surface area contributed by atoms with Crippen LogP contribution in [-0.4, -0.2) is 9.99 Å². The lowest BCUT2D eigenvalue weighted by Crippen LogP contribution is -2.05. The summed E-state index contributed by atoms with van der Waals surface area (Å²) in [4.78, 5) is 12.8. The Labute approximate surface area is 118 Å². The Hall–Kier alpha value is -1.22. The van der Waals surface area contributed by atoms with Crippen LogP contribution >= 0.6 is 0 Å². The SMILES string of the molecule is CCCCC/C=C(\C(C)=O)S(=O)c1ccc(C)cc1. The first-order chi connectivity index (χ1) is 9.06. The Kier molecular flexibility index (Phi) is 6.71. The molecule has 0 amide bonds. The molecule has 0 aliphatic carbocycles. The van der Waals surface area contributed by atoms with Gasteiger partial charge in [-0.1, -0.05) is 43.5 Å². The lowest BCUT2D eigenvalue weighted by atomic mass is 10.2. The van der Waals surface area contributed by atoms with Crippen molar-refractivity contribution in [2.45, 2.75) is 51.3 Å². The highest BCUT2D eigenvalue weighted by atomic mass is 32.2. The maximum Gasteiger partial charge on any atom is 0.168 e. The third-order valence-corrected chi connectivity index (χ3v) is 4.47. The molecule has 1 aromatic carbocycles. The van der Waals surface area contributed by atoms with Crippen LogP contribution in [0, 0.1) is 6.92 Å². The number of benzene rings is 1. The van der Waals surface area contributed by atoms with E-state index < -0.39 is 10.8 Å². The van der Waals surface area contributed by atoms with E-state index in [4.69, 9.17) is 0 Å². The summed E-state index contributed by atoms with van der Waals surface area (Å²) >= 11 is 0. The average Bonchev–Trinajstić information content (AvgIpc) is 2.38. The molecule has 0 saturated heterocycles. The first kappa shape index (κ1) is 15.8. The molecule has 3 heteroatoms. The van der Waals surface area contributed by atoms with Gasteiger partial charge in [0.2, 0.25) is 0 Å². The molecule has 0 aliphatic heterocycles. The molecular weight excluding hydrogens is 256 g/mol. The number of carbonyl (C=O) groups excluding carboxylic acids is 1. The second-order valence-corrected chi connectivity index (χ2v) is 6.15. The van der Waals surface area contributed by atoms with Crippen molar-refractivity contribution >= 4 is 16.6 Å². The highest BCUT2D eigenvalue weighted by Gasteiger charge is 2.14. The first-order valence-corrected chi connectivity index (χ1v) is 7.90. The zero-order chi connectivity index (χ0) is 14.3. The molecule has 1 atom stereocenters. The third-order valence-electron chi connectivity index (χ3n) is 2.92. The number of aryl methyl sites for hydroxylation is 1. The summed E-state index contributed by atoms with van der Waals surface area (Å²) in [6, 6.07) is 7.49. The van der Waals surface area contributed by atoms with E-state index in [-0.39, 0.29) is 5.78 Å². The molecule has 1 aromatic rings. The predicted octanol–water partition coefficient (Wildman–Crippen LogP) is 4.16. The fourth-order valence-electron chi connectivity index (χ4n) is 1.77. The number of unbranched alkanes of at least 4 members (excludes halogenated alkanes) is 3. The molecule has 2 nitrogen and oxygen atoms in total. The van der Waals surface area contributed by atoms with Crippen molar-refractivity contribution in [2.24, 2.45) is 0 Å². The summed E-state index contributed by atoms with van der Waals surface area (Å²) < 4.78 is 12.4. The Balaban J connectivity index is 2.84. The molecule has 19 heavy (non-hydrogen) atoms. The van der Waals surface area contributed by atoms with Crippen molar-refractivity contribution in [1.29, 1.82) is 0 Å². The Morgan fingerprint density at radius 1 is 1.21 bits per heavy atom. The number of carbonyl (C=O) groups is 1. The summed E-state index contributed by atoms with van der Waals surface area (Å²) in [5, 5.41) is 0. The van der Waals surface area contributed by atoms with Crippen LogP contribution in [0.2, 0.25) is 0 Å². The fourth-order valence-corrected chi connectivity index (χ4v) is 2.93. The van der Waals surface area contributed by atoms with E-state index in [1.807, 2.05) is 37.3 Å². The third kappa shape index (κ3) is 5.11. The molecule has 1 rings (SSSR count). The maximum absolute atomic E-state index is 12.4. The predicted molar refractivity (Wildman–Crippen MR) is 80.5 cm³/mol. The van der Waals surface area contributed by atoms with Crippen LogP contribution in [0.5, 0.6) is 0 Å². The number of Topliss-reactive ketones (excluding diaryl/α,β-unsaturated/α-hetero) is 1. The van der Waals surface area contributed by atoms with E-state index in [2.05, 4.69) is 6.92 Å². The van der Waals surface area contributed by atoms with Gasteiger partial charge in [-0.2, -0.15) is 0 Å². The molecule has 1 unspecified atom stereocenters. The van der Waals surface area contributed by atoms with Crippen LogP contribution in [0.1, 0.15) is 45.1 Å². The van der Waals surface area contributed by atoms with Gasteiger partial charge in [0.05, 0.1) is 15.7 Å². The summed E-state index contributed by atoms with van der Waals surface area (Å²) in [5.41, 5.74) is 1.12. The van der Waals surface area contributed by atoms with Crippen LogP contribution in [0.4, 0.5) is 0 Å². The molecular formula is C16H22O2S. The normalized spacial score (nSPS) is 13.3. The van der Waals surface area contributed by atoms with Gasteiger partial charge in [0.1, 0.15) is 0 Å². The van der Waals surface area contributed by atoms with Gasteiger partial charge in [-0.15, -0.1) is 0 Å². The molecule has 0 fully saturated rings. The van der Waals surface area contributed by atoms with Crippen LogP contribution in [-0.2, 0) is 15.6 Å². The number of allylic oxidation sites excluding steroid dienone is 2. The Bertz CT molecular complexity index is 472. The minimum absolute atomic E-state index is 0.101. The summed E-state index contributed by atoms with van der Waals surface area (Å²) in [6.07, 6.45) is 5.98. The fraction of sp³-hybridized carbons (Fsp3) is 0.438. The topological polar surface area (TPSA) is 34.1 Å². The number of hydrogen-bond acceptors (Lipinski definition) is 2. The summed E-state index contributed by atoms with van der Waals surface area (Å²) in [7, 11) is -1.35. The lowest BCUT2D eigenvalue weighted by Gasteiger charge is -2.05. The van der Waals surface area contributed by atoms with E-state index in [1.165, 1.54) is 6.92 Å². The van der Waals surface area contributed by atoms with Crippen molar-refractivity contribution < 1.29 is 9.00 Å². The summed E-state index contributed by atoms with van der Waals surface area (Å²) in [6.45, 7) is 5.61. The Morgan fingerprint density at radius 3 is 2.37 bits per heavy atom. The quantitative estimate of drug-likeness (QED) is 0.554. The molecule has 0 saturated carbocycles. The lowest BCUT2D eigenvalue weighted by molar-refractivity contribution is -0.113. The van der Waals surface area contributed by atoms with Crippen molar-refractivity contribution in [2.75, 3.05) is 0 Å². The molecule has 0 aromatic heterocycles. The zero-order valence-electron chi connectivity index (χ0n) is 11.9. The van der Waals surface area contributed by atoms with E-state index in [0.29, 0.717) is 9.80 Å². The maximum atomic E-state index is 12.4. The standard InChI is InChI=1S/C16H22O2S/c1-4-5-6-7-8-16(14(3)17)19(18)15-11-9-13(2)10-12-15/h8-12H,4-7H2,1-3H3/b16-8+. The highest BCUT2D eigenvalue weighted by Crippen LogP contribution is 2.17. The van der Waals surface area contributed by atoms with Crippen LogP contribution < -0.4 is 0 Å². The monoisotopic (exact) mass is 278 g/mol. The smallest absolute Gasteiger partial charge is 0.168 e. The molecule has 0 heterocycles. The van der Waals surface area contributed by atoms with Gasteiger partial charge in [0.15, 0.2) is 5.78 Å². The van der Waals surface area contributed by atoms with Crippen LogP contribution in [0.15, 0.2) is 40.1 Å². The highest BCUT2D eigenvalue weighted by molar-refractivity contribution is 7.90. The van der Waals surface area contributed by atoms with Crippen LogP contribution in [0.3, 0.4) is 0 Å². The van der Waals surface area contributed by atoms with Gasteiger partial charge in [-0.3, -0.25) is 4.79 Å². The van der Waals surface area contributed by atoms with Gasteiger partial charge < -0.3 is 0 Å². The van der Waals surface area contributed by atoms with Gasteiger partial charge in [-0.05, 0) is 38.8 Å². The number of hydrogen-bond donors (Lipinski definition) is 0. The summed E-state index contributed by atoms with van der Waals surface area (Å²) in [5.74, 6) is -0.101. The molecule has 0 radical (unpaired) electrons. The molecule has 0 bridgehead atoms. The van der Waals surface area contributed by atoms with Gasteiger partial charge >= 0.3 is 0 Å². The van der Waals surface area contributed by atoms with Crippen molar-refractivity contribution in [3.05, 3.63) is 40.8 Å². The second-order valence-electron chi connectivity index (χ2n) is 4.70.